The van der Waals surface area contributed by atoms with Crippen molar-refractivity contribution in [1.82, 2.24) is 30.0 Å². The molecular formula is C17H20N6O3. The van der Waals surface area contributed by atoms with Crippen molar-refractivity contribution >= 4 is 5.91 Å². The summed E-state index contributed by atoms with van der Waals surface area (Å²) in [7, 11) is 1.86. The number of rotatable bonds is 4. The molecule has 9 heteroatoms. The van der Waals surface area contributed by atoms with E-state index in [9.17, 15) is 4.79 Å². The Hall–Kier alpha value is -2.97. The third-order valence-electron chi connectivity index (χ3n) is 4.81. The van der Waals surface area contributed by atoms with Crippen LogP contribution in [0.4, 0.5) is 0 Å². The molecule has 3 aromatic heterocycles. The Bertz CT molecular complexity index is 963. The fourth-order valence-electron chi connectivity index (χ4n) is 3.25. The van der Waals surface area contributed by atoms with Crippen molar-refractivity contribution in [3.63, 3.8) is 0 Å². The van der Waals surface area contributed by atoms with Gasteiger partial charge in [0.05, 0.1) is 30.9 Å². The van der Waals surface area contributed by atoms with E-state index in [0.717, 1.165) is 22.5 Å². The minimum Gasteiger partial charge on any atom is -0.361 e. The van der Waals surface area contributed by atoms with Crippen LogP contribution in [0.15, 0.2) is 9.05 Å². The molecule has 1 aliphatic rings. The number of hydrogen-bond acceptors (Lipinski definition) is 7. The predicted octanol–water partition coefficient (Wildman–Crippen LogP) is 1.72. The van der Waals surface area contributed by atoms with Crippen LogP contribution in [0.5, 0.6) is 0 Å². The Morgan fingerprint density at radius 2 is 2.00 bits per heavy atom. The summed E-state index contributed by atoms with van der Waals surface area (Å²) in [4.78, 5) is 18.9. The van der Waals surface area contributed by atoms with Crippen molar-refractivity contribution in [2.75, 3.05) is 0 Å². The van der Waals surface area contributed by atoms with Crippen LogP contribution in [0.3, 0.4) is 0 Å². The number of carbonyl (C=O) groups is 1. The second-order valence-corrected chi connectivity index (χ2v) is 6.50. The Morgan fingerprint density at radius 1 is 1.19 bits per heavy atom. The number of carbonyl (C=O) groups excluding carboxylic acids is 1. The molecule has 4 heterocycles. The Labute approximate surface area is 150 Å². The van der Waals surface area contributed by atoms with Gasteiger partial charge in [-0.1, -0.05) is 17.2 Å². The highest BCUT2D eigenvalue weighted by Gasteiger charge is 2.32. The molecule has 9 nitrogen and oxygen atoms in total. The molecule has 0 fully saturated rings. The van der Waals surface area contributed by atoms with Gasteiger partial charge in [-0.15, -0.1) is 0 Å². The van der Waals surface area contributed by atoms with Crippen LogP contribution in [-0.2, 0) is 37.8 Å². The lowest BCUT2D eigenvalue weighted by atomic mass is 10.1. The van der Waals surface area contributed by atoms with Crippen LogP contribution < -0.4 is 0 Å². The first kappa shape index (κ1) is 16.5. The number of fused-ring (bicyclic) bond motifs is 1. The number of aryl methyl sites for hydroxylation is 4. The summed E-state index contributed by atoms with van der Waals surface area (Å²) in [5.74, 6) is 1.76. The van der Waals surface area contributed by atoms with Gasteiger partial charge in [-0.2, -0.15) is 10.1 Å². The molecule has 0 saturated carbocycles. The predicted molar refractivity (Wildman–Crippen MR) is 89.8 cm³/mol. The SMILES string of the molecule is CCc1noc(-c2nn(C)c3c2CN(C(=O)Cc2c(C)noc2C)C3)n1. The molecule has 0 bridgehead atoms. The van der Waals surface area contributed by atoms with Crippen molar-refractivity contribution in [1.29, 1.82) is 0 Å². The zero-order valence-electron chi connectivity index (χ0n) is 15.2. The topological polar surface area (TPSA) is 103 Å². The van der Waals surface area contributed by atoms with E-state index in [1.165, 1.54) is 0 Å². The van der Waals surface area contributed by atoms with Gasteiger partial charge in [0.1, 0.15) is 5.76 Å². The molecule has 0 aromatic carbocycles. The molecule has 1 amide bonds. The third kappa shape index (κ3) is 2.59. The first-order valence-corrected chi connectivity index (χ1v) is 8.55. The third-order valence-corrected chi connectivity index (χ3v) is 4.81. The Morgan fingerprint density at radius 3 is 2.65 bits per heavy atom. The summed E-state index contributed by atoms with van der Waals surface area (Å²) in [6.07, 6.45) is 0.971. The molecule has 4 rings (SSSR count). The lowest BCUT2D eigenvalue weighted by molar-refractivity contribution is -0.131. The molecule has 26 heavy (non-hydrogen) atoms. The summed E-state index contributed by atoms with van der Waals surface area (Å²) in [6, 6.07) is 0. The first-order valence-electron chi connectivity index (χ1n) is 8.55. The second kappa shape index (κ2) is 6.08. The van der Waals surface area contributed by atoms with Crippen LogP contribution in [0, 0.1) is 13.8 Å². The molecule has 0 aliphatic carbocycles. The summed E-state index contributed by atoms with van der Waals surface area (Å²) >= 11 is 0. The number of hydrogen-bond donors (Lipinski definition) is 0. The van der Waals surface area contributed by atoms with Crippen molar-refractivity contribution in [2.45, 2.75) is 46.7 Å². The fourth-order valence-corrected chi connectivity index (χ4v) is 3.25. The zero-order chi connectivity index (χ0) is 18.4. The Balaban J connectivity index is 1.57. The quantitative estimate of drug-likeness (QED) is 0.701. The van der Waals surface area contributed by atoms with Crippen molar-refractivity contribution in [3.8, 4) is 11.6 Å². The highest BCUT2D eigenvalue weighted by Crippen LogP contribution is 2.31. The molecule has 0 N–H and O–H groups in total. The molecule has 0 saturated heterocycles. The lowest BCUT2D eigenvalue weighted by Crippen LogP contribution is -2.28. The minimum absolute atomic E-state index is 0.0290. The van der Waals surface area contributed by atoms with Gasteiger partial charge in [0.15, 0.2) is 11.5 Å². The van der Waals surface area contributed by atoms with Crippen molar-refractivity contribution in [3.05, 3.63) is 34.1 Å². The molecule has 0 unspecified atom stereocenters. The van der Waals surface area contributed by atoms with E-state index in [2.05, 4.69) is 20.4 Å². The number of nitrogens with zero attached hydrogens (tertiary/aromatic N) is 6. The maximum Gasteiger partial charge on any atom is 0.278 e. The maximum atomic E-state index is 12.8. The van der Waals surface area contributed by atoms with Crippen molar-refractivity contribution in [2.24, 2.45) is 7.05 Å². The standard InChI is InChI=1S/C17H20N6O3/c1-5-14-18-17(26-21-14)16-12-7-23(8-13(12)22(4)19-16)15(24)6-11-9(2)20-25-10(11)3/h5-8H2,1-4H3. The second-order valence-electron chi connectivity index (χ2n) is 6.50. The van der Waals surface area contributed by atoms with Crippen LogP contribution in [-0.4, -0.2) is 35.9 Å². The van der Waals surface area contributed by atoms with Crippen LogP contribution >= 0.6 is 0 Å². The van der Waals surface area contributed by atoms with E-state index >= 15 is 0 Å². The van der Waals surface area contributed by atoms with Gasteiger partial charge >= 0.3 is 0 Å². The molecule has 1 aliphatic heterocycles. The number of amides is 1. The molecule has 0 radical (unpaired) electrons. The highest BCUT2D eigenvalue weighted by molar-refractivity contribution is 5.80. The number of aromatic nitrogens is 5. The fraction of sp³-hybridized carbons (Fsp3) is 0.471. The van der Waals surface area contributed by atoms with Gasteiger partial charge < -0.3 is 13.9 Å². The van der Waals surface area contributed by atoms with Crippen LogP contribution in [0.2, 0.25) is 0 Å². The van der Waals surface area contributed by atoms with E-state index in [1.807, 2.05) is 27.8 Å². The lowest BCUT2D eigenvalue weighted by Gasteiger charge is -2.16. The summed E-state index contributed by atoms with van der Waals surface area (Å²) < 4.78 is 12.3. The minimum atomic E-state index is 0.0290. The summed E-state index contributed by atoms with van der Waals surface area (Å²) in [6.45, 7) is 6.62. The molecular weight excluding hydrogens is 336 g/mol. The van der Waals surface area contributed by atoms with Gasteiger partial charge in [0.2, 0.25) is 5.91 Å². The molecule has 0 spiro atoms. The monoisotopic (exact) mass is 356 g/mol. The van der Waals surface area contributed by atoms with Gasteiger partial charge in [-0.25, -0.2) is 0 Å². The normalized spacial score (nSPS) is 13.5. The van der Waals surface area contributed by atoms with E-state index in [-0.39, 0.29) is 12.3 Å². The molecule has 136 valence electrons. The van der Waals surface area contributed by atoms with Crippen LogP contribution in [0.1, 0.15) is 41.0 Å². The maximum absolute atomic E-state index is 12.8. The van der Waals surface area contributed by atoms with Crippen molar-refractivity contribution < 1.29 is 13.8 Å². The van der Waals surface area contributed by atoms with E-state index in [0.29, 0.717) is 42.7 Å². The van der Waals surface area contributed by atoms with Gasteiger partial charge in [-0.05, 0) is 13.8 Å². The smallest absolute Gasteiger partial charge is 0.278 e. The van der Waals surface area contributed by atoms with E-state index in [1.54, 1.807) is 9.58 Å². The van der Waals surface area contributed by atoms with Gasteiger partial charge in [-0.3, -0.25) is 9.48 Å². The van der Waals surface area contributed by atoms with Gasteiger partial charge in [0.25, 0.3) is 5.89 Å². The van der Waals surface area contributed by atoms with E-state index < -0.39 is 0 Å². The first-order chi connectivity index (χ1) is 12.5. The summed E-state index contributed by atoms with van der Waals surface area (Å²) in [5, 5.41) is 12.4. The molecule has 3 aromatic rings. The molecule has 0 atom stereocenters. The summed E-state index contributed by atoms with van der Waals surface area (Å²) in [5.41, 5.74) is 4.22. The van der Waals surface area contributed by atoms with E-state index in [4.69, 9.17) is 9.05 Å². The zero-order valence-corrected chi connectivity index (χ0v) is 15.2. The highest BCUT2D eigenvalue weighted by atomic mass is 16.5. The largest absolute Gasteiger partial charge is 0.361 e. The van der Waals surface area contributed by atoms with Crippen LogP contribution in [0.25, 0.3) is 11.6 Å². The Kier molecular flexibility index (Phi) is 3.86. The average Bonchev–Trinajstić information content (AvgIpc) is 3.37. The average molecular weight is 356 g/mol. The van der Waals surface area contributed by atoms with Gasteiger partial charge in [0, 0.05) is 24.6 Å².